The second-order valence-electron chi connectivity index (χ2n) is 4.62. The van der Waals surface area contributed by atoms with Crippen molar-refractivity contribution in [2.75, 3.05) is 41.4 Å². The van der Waals surface area contributed by atoms with Crippen molar-refractivity contribution in [3.8, 4) is 11.5 Å². The van der Waals surface area contributed by atoms with Gasteiger partial charge in [0.05, 0.1) is 19.2 Å². The molecule has 0 spiro atoms. The van der Waals surface area contributed by atoms with Gasteiger partial charge in [-0.3, -0.25) is 0 Å². The minimum absolute atomic E-state index is 0.106. The number of carbonyl (C=O) groups is 1. The molecule has 2 N–H and O–H groups in total. The fraction of sp³-hybridized carbons (Fsp3) is 0.500. The fourth-order valence-electron chi connectivity index (χ4n) is 1.72. The van der Waals surface area contributed by atoms with Gasteiger partial charge in [-0.2, -0.15) is 0 Å². The standard InChI is InChI=1S/C14H22ClN3O3/c1-18(2)14(19)17-6-5-16-9-10-7-11(15)13(21-4)12(8-10)20-3/h7-8,16H,5-6,9H2,1-4H3,(H,17,19). The monoisotopic (exact) mass is 315 g/mol. The van der Waals surface area contributed by atoms with Gasteiger partial charge in [0.2, 0.25) is 0 Å². The van der Waals surface area contributed by atoms with E-state index in [-0.39, 0.29) is 6.03 Å². The van der Waals surface area contributed by atoms with Crippen LogP contribution in [-0.2, 0) is 6.54 Å². The zero-order chi connectivity index (χ0) is 15.8. The molecule has 1 aromatic carbocycles. The van der Waals surface area contributed by atoms with Crippen molar-refractivity contribution in [3.63, 3.8) is 0 Å². The summed E-state index contributed by atoms with van der Waals surface area (Å²) in [4.78, 5) is 12.8. The molecule has 0 fully saturated rings. The number of ether oxygens (including phenoxy) is 2. The molecular weight excluding hydrogens is 294 g/mol. The largest absolute Gasteiger partial charge is 0.493 e. The number of amides is 2. The Balaban J connectivity index is 2.46. The van der Waals surface area contributed by atoms with E-state index in [0.29, 0.717) is 36.2 Å². The molecule has 0 aliphatic rings. The Morgan fingerprint density at radius 2 is 1.95 bits per heavy atom. The van der Waals surface area contributed by atoms with E-state index in [1.54, 1.807) is 28.3 Å². The minimum Gasteiger partial charge on any atom is -0.493 e. The van der Waals surface area contributed by atoms with Gasteiger partial charge in [-0.05, 0) is 17.7 Å². The van der Waals surface area contributed by atoms with E-state index in [0.717, 1.165) is 5.56 Å². The SMILES string of the molecule is COc1cc(CNCCNC(=O)N(C)C)cc(Cl)c1OC. The number of hydrogen-bond acceptors (Lipinski definition) is 4. The van der Waals surface area contributed by atoms with E-state index in [9.17, 15) is 4.79 Å². The lowest BCUT2D eigenvalue weighted by atomic mass is 10.2. The molecule has 0 bridgehead atoms. The van der Waals surface area contributed by atoms with Gasteiger partial charge in [0.1, 0.15) is 0 Å². The van der Waals surface area contributed by atoms with Gasteiger partial charge in [0.15, 0.2) is 11.5 Å². The Hall–Kier alpha value is -1.66. The van der Waals surface area contributed by atoms with E-state index in [1.807, 2.05) is 12.1 Å². The summed E-state index contributed by atoms with van der Waals surface area (Å²) in [7, 11) is 6.53. The number of hydrogen-bond donors (Lipinski definition) is 2. The molecule has 1 aromatic rings. The van der Waals surface area contributed by atoms with Crippen molar-refractivity contribution in [2.45, 2.75) is 6.54 Å². The quantitative estimate of drug-likeness (QED) is 0.752. The topological polar surface area (TPSA) is 62.8 Å². The summed E-state index contributed by atoms with van der Waals surface area (Å²) in [6.07, 6.45) is 0. The van der Waals surface area contributed by atoms with E-state index in [4.69, 9.17) is 21.1 Å². The molecule has 0 saturated heterocycles. The van der Waals surface area contributed by atoms with Crippen molar-refractivity contribution in [1.82, 2.24) is 15.5 Å². The molecule has 118 valence electrons. The Labute approximate surface area is 130 Å². The van der Waals surface area contributed by atoms with Crippen LogP contribution in [-0.4, -0.2) is 52.3 Å². The van der Waals surface area contributed by atoms with E-state index in [1.165, 1.54) is 4.90 Å². The van der Waals surface area contributed by atoms with Crippen LogP contribution in [0.5, 0.6) is 11.5 Å². The first-order valence-electron chi connectivity index (χ1n) is 6.55. The Morgan fingerprint density at radius 1 is 1.24 bits per heavy atom. The molecule has 0 aliphatic heterocycles. The number of nitrogens with zero attached hydrogens (tertiary/aromatic N) is 1. The van der Waals surface area contributed by atoms with Gasteiger partial charge in [-0.15, -0.1) is 0 Å². The van der Waals surface area contributed by atoms with Gasteiger partial charge in [-0.1, -0.05) is 11.6 Å². The smallest absolute Gasteiger partial charge is 0.316 e. The van der Waals surface area contributed by atoms with Crippen LogP contribution < -0.4 is 20.1 Å². The third-order valence-electron chi connectivity index (χ3n) is 2.81. The number of nitrogens with one attached hydrogen (secondary N) is 2. The number of rotatable bonds is 7. The summed E-state index contributed by atoms with van der Waals surface area (Å²) in [5.74, 6) is 1.13. The van der Waals surface area contributed by atoms with Gasteiger partial charge < -0.3 is 25.0 Å². The molecule has 0 aliphatic carbocycles. The maximum absolute atomic E-state index is 11.3. The Kier molecular flexibility index (Phi) is 7.11. The molecule has 6 nitrogen and oxygen atoms in total. The van der Waals surface area contributed by atoms with Gasteiger partial charge in [0, 0.05) is 33.7 Å². The second kappa shape index (κ2) is 8.59. The molecule has 7 heteroatoms. The Morgan fingerprint density at radius 3 is 2.52 bits per heavy atom. The van der Waals surface area contributed by atoms with Crippen LogP contribution in [0, 0.1) is 0 Å². The van der Waals surface area contributed by atoms with E-state index in [2.05, 4.69) is 10.6 Å². The van der Waals surface area contributed by atoms with Crippen molar-refractivity contribution < 1.29 is 14.3 Å². The van der Waals surface area contributed by atoms with Gasteiger partial charge >= 0.3 is 6.03 Å². The molecule has 0 saturated carbocycles. The van der Waals surface area contributed by atoms with Crippen molar-refractivity contribution in [1.29, 1.82) is 0 Å². The minimum atomic E-state index is -0.106. The second-order valence-corrected chi connectivity index (χ2v) is 5.02. The molecular formula is C14H22ClN3O3. The number of carbonyl (C=O) groups excluding carboxylic acids is 1. The maximum Gasteiger partial charge on any atom is 0.316 e. The molecule has 2 amide bonds. The lowest BCUT2D eigenvalue weighted by Crippen LogP contribution is -2.38. The van der Waals surface area contributed by atoms with Crippen LogP contribution in [0.3, 0.4) is 0 Å². The predicted octanol–water partition coefficient (Wildman–Crippen LogP) is 1.72. The number of urea groups is 1. The first kappa shape index (κ1) is 17.4. The van der Waals surface area contributed by atoms with Gasteiger partial charge in [-0.25, -0.2) is 4.79 Å². The lowest BCUT2D eigenvalue weighted by molar-refractivity contribution is 0.217. The highest BCUT2D eigenvalue weighted by molar-refractivity contribution is 6.32. The highest BCUT2D eigenvalue weighted by Crippen LogP contribution is 2.35. The normalized spacial score (nSPS) is 10.1. The summed E-state index contributed by atoms with van der Waals surface area (Å²) in [6, 6.07) is 3.59. The molecule has 0 radical (unpaired) electrons. The van der Waals surface area contributed by atoms with Gasteiger partial charge in [0.25, 0.3) is 0 Å². The molecule has 0 atom stereocenters. The Bertz CT molecular complexity index is 481. The summed E-state index contributed by atoms with van der Waals surface area (Å²) in [5.41, 5.74) is 0.983. The number of halogens is 1. The summed E-state index contributed by atoms with van der Waals surface area (Å²) in [6.45, 7) is 1.83. The molecule has 0 heterocycles. The zero-order valence-corrected chi connectivity index (χ0v) is 13.6. The number of benzene rings is 1. The zero-order valence-electron chi connectivity index (χ0n) is 12.8. The molecule has 1 rings (SSSR count). The van der Waals surface area contributed by atoms with Crippen LogP contribution in [0.25, 0.3) is 0 Å². The third-order valence-corrected chi connectivity index (χ3v) is 3.09. The third kappa shape index (κ3) is 5.32. The average Bonchev–Trinajstić information content (AvgIpc) is 2.45. The van der Waals surface area contributed by atoms with Crippen molar-refractivity contribution >= 4 is 17.6 Å². The maximum atomic E-state index is 11.3. The molecule has 0 unspecified atom stereocenters. The van der Waals surface area contributed by atoms with Crippen LogP contribution in [0.1, 0.15) is 5.56 Å². The van der Waals surface area contributed by atoms with Crippen molar-refractivity contribution in [2.24, 2.45) is 0 Å². The lowest BCUT2D eigenvalue weighted by Gasteiger charge is -2.13. The summed E-state index contributed by atoms with van der Waals surface area (Å²) >= 11 is 6.13. The first-order chi connectivity index (χ1) is 9.99. The van der Waals surface area contributed by atoms with Crippen LogP contribution in [0.2, 0.25) is 5.02 Å². The molecule has 0 aromatic heterocycles. The number of methoxy groups -OCH3 is 2. The van der Waals surface area contributed by atoms with Crippen LogP contribution in [0.4, 0.5) is 4.79 Å². The van der Waals surface area contributed by atoms with Crippen LogP contribution >= 0.6 is 11.6 Å². The summed E-state index contributed by atoms with van der Waals surface area (Å²) in [5, 5.41) is 6.51. The van der Waals surface area contributed by atoms with Crippen molar-refractivity contribution in [3.05, 3.63) is 22.7 Å². The average molecular weight is 316 g/mol. The summed E-state index contributed by atoms with van der Waals surface area (Å²) < 4.78 is 10.4. The van der Waals surface area contributed by atoms with E-state index < -0.39 is 0 Å². The fourth-order valence-corrected chi connectivity index (χ4v) is 2.03. The molecule has 21 heavy (non-hydrogen) atoms. The highest BCUT2D eigenvalue weighted by Gasteiger charge is 2.10. The predicted molar refractivity (Wildman–Crippen MR) is 83.3 cm³/mol. The van der Waals surface area contributed by atoms with E-state index >= 15 is 0 Å². The highest BCUT2D eigenvalue weighted by atomic mass is 35.5. The van der Waals surface area contributed by atoms with Crippen LogP contribution in [0.15, 0.2) is 12.1 Å². The first-order valence-corrected chi connectivity index (χ1v) is 6.93.